The summed E-state index contributed by atoms with van der Waals surface area (Å²) in [5.74, 6) is 0. The lowest BCUT2D eigenvalue weighted by molar-refractivity contribution is -0.00000540. The van der Waals surface area contributed by atoms with Crippen molar-refractivity contribution < 1.29 is 17.0 Å². The Balaban J connectivity index is 0.00000256. The zero-order valence-electron chi connectivity index (χ0n) is 16.4. The molecule has 0 saturated carbocycles. The fourth-order valence-electron chi connectivity index (χ4n) is 3.98. The third-order valence-corrected chi connectivity index (χ3v) is 10.9. The number of benzene rings is 4. The monoisotopic (exact) mass is 602 g/mol. The molecule has 4 heteroatoms. The topological polar surface area (TPSA) is 0 Å². The molecule has 0 nitrogen and oxygen atoms in total. The van der Waals surface area contributed by atoms with Crippen LogP contribution in [-0.4, -0.2) is 0 Å². The van der Waals surface area contributed by atoms with E-state index in [-0.39, 0.29) is 17.0 Å². The van der Waals surface area contributed by atoms with Crippen LogP contribution in [0.15, 0.2) is 109 Å². The normalized spacial score (nSPS) is 11.0. The summed E-state index contributed by atoms with van der Waals surface area (Å²) in [6.07, 6.45) is 0. The van der Waals surface area contributed by atoms with Crippen molar-refractivity contribution in [3.05, 3.63) is 120 Å². The maximum atomic E-state index is 3.78. The van der Waals surface area contributed by atoms with Crippen LogP contribution < -0.4 is 38.2 Å². The van der Waals surface area contributed by atoms with Gasteiger partial charge in [0.05, 0.1) is 0 Å². The zero-order valence-corrected chi connectivity index (χ0v) is 22.0. The summed E-state index contributed by atoms with van der Waals surface area (Å²) in [6, 6.07) is 40.0. The SMILES string of the molecule is BrCc1ccc([P+](c2ccccc2)(c2ccccc2)c2ccccc2)c(CBr)c1.[Br-]. The molecule has 0 heterocycles. The molecular weight excluding hydrogens is 583 g/mol. The van der Waals surface area contributed by atoms with Gasteiger partial charge in [-0.3, -0.25) is 0 Å². The lowest BCUT2D eigenvalue weighted by atomic mass is 10.2. The summed E-state index contributed by atoms with van der Waals surface area (Å²) in [5.41, 5.74) is 2.65. The molecule has 30 heavy (non-hydrogen) atoms. The highest BCUT2D eigenvalue weighted by atomic mass is 79.9. The molecule has 0 radical (unpaired) electrons. The van der Waals surface area contributed by atoms with Crippen molar-refractivity contribution in [2.24, 2.45) is 0 Å². The second-order valence-electron chi connectivity index (χ2n) is 6.91. The average molecular weight is 605 g/mol. The first-order valence-corrected chi connectivity index (χ1v) is 13.6. The first kappa shape index (κ1) is 23.4. The van der Waals surface area contributed by atoms with E-state index in [4.69, 9.17) is 0 Å². The Kier molecular flexibility index (Phi) is 8.48. The van der Waals surface area contributed by atoms with Crippen LogP contribution in [0.4, 0.5) is 0 Å². The largest absolute Gasteiger partial charge is 1.00 e. The molecule has 0 aliphatic rings. The Hall–Kier alpha value is -1.25. The average Bonchev–Trinajstić information content (AvgIpc) is 2.82. The van der Waals surface area contributed by atoms with Gasteiger partial charge >= 0.3 is 0 Å². The van der Waals surface area contributed by atoms with Crippen LogP contribution in [0.5, 0.6) is 0 Å². The molecule has 0 amide bonds. The van der Waals surface area contributed by atoms with Crippen molar-refractivity contribution in [2.75, 3.05) is 0 Å². The van der Waals surface area contributed by atoms with E-state index >= 15 is 0 Å². The molecule has 0 spiro atoms. The number of hydrogen-bond donors (Lipinski definition) is 0. The molecule has 0 N–H and O–H groups in total. The van der Waals surface area contributed by atoms with Gasteiger partial charge in [-0.1, -0.05) is 98.6 Å². The maximum absolute atomic E-state index is 3.78. The standard InChI is InChI=1S/C26H22Br2P.BrH/c27-19-21-16-17-26(22(18-21)20-28)29(23-10-4-1-5-11-23,24-12-6-2-7-13-24)25-14-8-3-9-15-25;/h1-18H,19-20H2;1H/q+1;/p-1. The lowest BCUT2D eigenvalue weighted by Crippen LogP contribution is -3.00. The second kappa shape index (κ2) is 10.9. The van der Waals surface area contributed by atoms with Gasteiger partial charge in [-0.2, -0.15) is 0 Å². The predicted molar refractivity (Wildman–Crippen MR) is 136 cm³/mol. The summed E-state index contributed by atoms with van der Waals surface area (Å²) in [6.45, 7) is 0. The van der Waals surface area contributed by atoms with Gasteiger partial charge in [-0.15, -0.1) is 0 Å². The van der Waals surface area contributed by atoms with E-state index in [1.165, 1.54) is 32.3 Å². The molecule has 0 aliphatic carbocycles. The molecule has 152 valence electrons. The number of hydrogen-bond acceptors (Lipinski definition) is 0. The van der Waals surface area contributed by atoms with E-state index in [1.54, 1.807) is 0 Å². The molecule has 0 saturated heterocycles. The molecular formula is C26H22Br3P. The van der Waals surface area contributed by atoms with Gasteiger partial charge in [0.15, 0.2) is 0 Å². The highest BCUT2D eigenvalue weighted by Gasteiger charge is 2.48. The summed E-state index contributed by atoms with van der Waals surface area (Å²) in [5, 5.41) is 7.25. The zero-order chi connectivity index (χ0) is 20.1. The van der Waals surface area contributed by atoms with Crippen molar-refractivity contribution in [1.82, 2.24) is 0 Å². The molecule has 0 fully saturated rings. The van der Waals surface area contributed by atoms with Crippen molar-refractivity contribution in [3.63, 3.8) is 0 Å². The lowest BCUT2D eigenvalue weighted by Gasteiger charge is -2.29. The van der Waals surface area contributed by atoms with Gasteiger partial charge in [0.1, 0.15) is 28.5 Å². The summed E-state index contributed by atoms with van der Waals surface area (Å²) >= 11 is 7.41. The van der Waals surface area contributed by atoms with Crippen LogP contribution >= 0.6 is 39.1 Å². The van der Waals surface area contributed by atoms with E-state index in [2.05, 4.69) is 141 Å². The second-order valence-corrected chi connectivity index (χ2v) is 11.4. The maximum Gasteiger partial charge on any atom is 0.144 e. The molecule has 4 aromatic carbocycles. The van der Waals surface area contributed by atoms with Gasteiger partial charge in [-0.25, -0.2) is 0 Å². The first-order chi connectivity index (χ1) is 14.3. The number of alkyl halides is 2. The Bertz CT molecular complexity index is 971. The van der Waals surface area contributed by atoms with Gasteiger partial charge in [0.25, 0.3) is 0 Å². The van der Waals surface area contributed by atoms with Crippen LogP contribution in [0.2, 0.25) is 0 Å². The smallest absolute Gasteiger partial charge is 0.144 e. The first-order valence-electron chi connectivity index (χ1n) is 9.61. The van der Waals surface area contributed by atoms with E-state index in [1.807, 2.05) is 0 Å². The Morgan fingerprint density at radius 2 is 0.967 bits per heavy atom. The van der Waals surface area contributed by atoms with E-state index < -0.39 is 7.26 Å². The minimum absolute atomic E-state index is 0. The predicted octanol–water partition coefficient (Wildman–Crippen LogP) is 3.10. The highest BCUT2D eigenvalue weighted by Crippen LogP contribution is 2.55. The molecule has 4 aromatic rings. The summed E-state index contributed by atoms with van der Waals surface area (Å²) in [4.78, 5) is 0. The fraction of sp³-hybridized carbons (Fsp3) is 0.0769. The Morgan fingerprint density at radius 1 is 0.533 bits per heavy atom. The third kappa shape index (κ3) is 4.36. The van der Waals surface area contributed by atoms with E-state index in [9.17, 15) is 0 Å². The van der Waals surface area contributed by atoms with Crippen molar-refractivity contribution in [3.8, 4) is 0 Å². The van der Waals surface area contributed by atoms with Crippen molar-refractivity contribution in [2.45, 2.75) is 10.7 Å². The van der Waals surface area contributed by atoms with Crippen LogP contribution in [0.3, 0.4) is 0 Å². The Morgan fingerprint density at radius 3 is 1.33 bits per heavy atom. The van der Waals surface area contributed by atoms with Gasteiger partial charge in [0.2, 0.25) is 0 Å². The Labute approximate surface area is 207 Å². The van der Waals surface area contributed by atoms with E-state index in [0.717, 1.165) is 10.7 Å². The molecule has 0 bridgehead atoms. The summed E-state index contributed by atoms with van der Waals surface area (Å²) < 4.78 is 0. The quantitative estimate of drug-likeness (QED) is 0.235. The number of halogens is 3. The van der Waals surface area contributed by atoms with Crippen LogP contribution in [-0.2, 0) is 10.7 Å². The van der Waals surface area contributed by atoms with Crippen LogP contribution in [0.25, 0.3) is 0 Å². The number of rotatable bonds is 6. The van der Waals surface area contributed by atoms with Gasteiger partial charge < -0.3 is 17.0 Å². The highest BCUT2D eigenvalue weighted by molar-refractivity contribution is 9.08. The fourth-order valence-corrected chi connectivity index (χ4v) is 9.46. The minimum atomic E-state index is -2.04. The molecule has 0 aliphatic heterocycles. The van der Waals surface area contributed by atoms with Crippen LogP contribution in [0.1, 0.15) is 11.1 Å². The summed E-state index contributed by atoms with van der Waals surface area (Å²) in [7, 11) is -2.04. The minimum Gasteiger partial charge on any atom is -1.00 e. The molecule has 0 aromatic heterocycles. The van der Waals surface area contributed by atoms with E-state index in [0.29, 0.717) is 0 Å². The molecule has 4 rings (SSSR count). The molecule has 0 atom stereocenters. The van der Waals surface area contributed by atoms with Crippen LogP contribution in [0, 0.1) is 0 Å². The van der Waals surface area contributed by atoms with Crippen molar-refractivity contribution >= 4 is 60.3 Å². The third-order valence-electron chi connectivity index (χ3n) is 5.23. The van der Waals surface area contributed by atoms with Crippen molar-refractivity contribution in [1.29, 1.82) is 0 Å². The molecule has 0 unspecified atom stereocenters. The van der Waals surface area contributed by atoms with Gasteiger partial charge in [-0.05, 0) is 48.0 Å². The van der Waals surface area contributed by atoms with Gasteiger partial charge in [0, 0.05) is 16.2 Å².